The zero-order valence-corrected chi connectivity index (χ0v) is 5.48. The van der Waals surface area contributed by atoms with E-state index in [9.17, 15) is 4.79 Å². The molecule has 0 saturated heterocycles. The predicted molar refractivity (Wildman–Crippen MR) is 35.0 cm³/mol. The van der Waals surface area contributed by atoms with E-state index >= 15 is 0 Å². The second-order valence-electron chi connectivity index (χ2n) is 1.31. The number of hydrogen-bond acceptors (Lipinski definition) is 2. The van der Waals surface area contributed by atoms with Gasteiger partial charge in [-0.15, -0.1) is 0 Å². The van der Waals surface area contributed by atoms with Crippen molar-refractivity contribution >= 4 is 18.6 Å². The molecule has 0 radical (unpaired) electrons. The van der Waals surface area contributed by atoms with E-state index in [4.69, 9.17) is 5.11 Å². The Morgan fingerprint density at radius 3 is 2.38 bits per heavy atom. The number of carbonyl (C=O) groups is 1. The Morgan fingerprint density at radius 1 is 1.88 bits per heavy atom. The van der Waals surface area contributed by atoms with E-state index in [1.807, 2.05) is 0 Å². The Morgan fingerprint density at radius 2 is 2.38 bits per heavy atom. The lowest BCUT2D eigenvalue weighted by Gasteiger charge is -1.90. The molecule has 0 atom stereocenters. The molecule has 0 aromatic rings. The molecule has 0 fully saturated rings. The van der Waals surface area contributed by atoms with Crippen LogP contribution in [0.5, 0.6) is 0 Å². The molecule has 46 valence electrons. The molecule has 0 aliphatic heterocycles. The first-order valence-corrected chi connectivity index (χ1v) is 2.80. The van der Waals surface area contributed by atoms with Crippen LogP contribution >= 0.6 is 12.6 Å². The van der Waals surface area contributed by atoms with Crippen LogP contribution in [0.2, 0.25) is 0 Å². The Labute approximate surface area is 53.6 Å². The molecule has 3 heteroatoms. The lowest BCUT2D eigenvalue weighted by molar-refractivity contribution is -0.132. The molecule has 0 unspecified atom stereocenters. The van der Waals surface area contributed by atoms with Gasteiger partial charge in [-0.2, -0.15) is 12.6 Å². The maximum absolute atomic E-state index is 10.0. The van der Waals surface area contributed by atoms with Crippen LogP contribution in [0, 0.1) is 0 Å². The van der Waals surface area contributed by atoms with Crippen molar-refractivity contribution in [3.8, 4) is 0 Å². The fourth-order valence-corrected chi connectivity index (χ4v) is 0.591. The van der Waals surface area contributed by atoms with Crippen LogP contribution in [0.4, 0.5) is 0 Å². The van der Waals surface area contributed by atoms with Crippen LogP contribution in [0.3, 0.4) is 0 Å². The standard InChI is InChI=1S/C5H8O2S/c1-2-4(3-8)5(6)7/h3,8H,2H2,1H3,(H,6,7). The van der Waals surface area contributed by atoms with Gasteiger partial charge in [0.2, 0.25) is 0 Å². The number of aliphatic carboxylic acids is 1. The van der Waals surface area contributed by atoms with Crippen molar-refractivity contribution in [3.05, 3.63) is 11.0 Å². The van der Waals surface area contributed by atoms with Crippen LogP contribution in [0.1, 0.15) is 13.3 Å². The van der Waals surface area contributed by atoms with Crippen LogP contribution in [-0.2, 0) is 4.79 Å². The molecular formula is C5H8O2S. The van der Waals surface area contributed by atoms with Gasteiger partial charge in [-0.1, -0.05) is 6.92 Å². The predicted octanol–water partition coefficient (Wildman–Crippen LogP) is 1.29. The summed E-state index contributed by atoms with van der Waals surface area (Å²) in [5.74, 6) is -0.887. The van der Waals surface area contributed by atoms with Crippen LogP contribution in [0.25, 0.3) is 0 Å². The highest BCUT2D eigenvalue weighted by molar-refractivity contribution is 7.83. The first-order valence-electron chi connectivity index (χ1n) is 2.29. The highest BCUT2D eigenvalue weighted by atomic mass is 32.1. The number of carboxylic acids is 1. The molecule has 0 aromatic heterocycles. The molecule has 8 heavy (non-hydrogen) atoms. The van der Waals surface area contributed by atoms with Gasteiger partial charge >= 0.3 is 5.97 Å². The lowest BCUT2D eigenvalue weighted by atomic mass is 10.2. The first-order chi connectivity index (χ1) is 3.72. The van der Waals surface area contributed by atoms with Crippen LogP contribution in [0.15, 0.2) is 11.0 Å². The normalized spacial score (nSPS) is 11.5. The fraction of sp³-hybridized carbons (Fsp3) is 0.400. The first kappa shape index (κ1) is 7.56. The molecular weight excluding hydrogens is 124 g/mol. The SMILES string of the molecule is CCC(=CS)C(=O)O. The maximum Gasteiger partial charge on any atom is 0.332 e. The molecule has 2 nitrogen and oxygen atoms in total. The maximum atomic E-state index is 10.0. The average Bonchev–Trinajstić information content (AvgIpc) is 1.69. The second-order valence-corrected chi connectivity index (χ2v) is 1.57. The van der Waals surface area contributed by atoms with Crippen molar-refractivity contribution in [2.45, 2.75) is 13.3 Å². The molecule has 0 aliphatic carbocycles. The van der Waals surface area contributed by atoms with Crippen molar-refractivity contribution in [2.75, 3.05) is 0 Å². The Bertz CT molecular complexity index is 118. The van der Waals surface area contributed by atoms with Gasteiger partial charge in [0.1, 0.15) is 0 Å². The topological polar surface area (TPSA) is 37.3 Å². The molecule has 0 amide bonds. The number of rotatable bonds is 2. The van der Waals surface area contributed by atoms with Crippen molar-refractivity contribution in [3.63, 3.8) is 0 Å². The Balaban J connectivity index is 3.92. The summed E-state index contributed by atoms with van der Waals surface area (Å²) < 4.78 is 0. The van der Waals surface area contributed by atoms with Gasteiger partial charge in [-0.25, -0.2) is 4.79 Å². The zero-order chi connectivity index (χ0) is 6.57. The van der Waals surface area contributed by atoms with E-state index in [0.717, 1.165) is 0 Å². The van der Waals surface area contributed by atoms with Crippen LogP contribution < -0.4 is 0 Å². The van der Waals surface area contributed by atoms with Gasteiger partial charge in [-0.05, 0) is 11.8 Å². The van der Waals surface area contributed by atoms with E-state index in [0.29, 0.717) is 12.0 Å². The largest absolute Gasteiger partial charge is 0.478 e. The molecule has 0 rings (SSSR count). The van der Waals surface area contributed by atoms with E-state index < -0.39 is 5.97 Å². The molecule has 0 saturated carbocycles. The average molecular weight is 132 g/mol. The minimum absolute atomic E-state index is 0.341. The minimum Gasteiger partial charge on any atom is -0.478 e. The molecule has 0 bridgehead atoms. The molecule has 0 aliphatic rings. The summed E-state index contributed by atoms with van der Waals surface area (Å²) in [6.07, 6.45) is 0.527. The molecule has 0 spiro atoms. The summed E-state index contributed by atoms with van der Waals surface area (Å²) in [6, 6.07) is 0. The van der Waals surface area contributed by atoms with Gasteiger partial charge in [-0.3, -0.25) is 0 Å². The summed E-state index contributed by atoms with van der Waals surface area (Å²) in [5.41, 5.74) is 0.341. The van der Waals surface area contributed by atoms with Crippen LogP contribution in [-0.4, -0.2) is 11.1 Å². The molecule has 1 N–H and O–H groups in total. The number of thiol groups is 1. The summed E-state index contributed by atoms with van der Waals surface area (Å²) in [7, 11) is 0. The number of hydrogen-bond donors (Lipinski definition) is 2. The summed E-state index contributed by atoms with van der Waals surface area (Å²) >= 11 is 3.69. The van der Waals surface area contributed by atoms with Gasteiger partial charge in [0, 0.05) is 5.57 Å². The van der Waals surface area contributed by atoms with Crippen molar-refractivity contribution in [1.82, 2.24) is 0 Å². The van der Waals surface area contributed by atoms with E-state index in [2.05, 4.69) is 12.6 Å². The molecule has 0 aromatic carbocycles. The Kier molecular flexibility index (Phi) is 3.35. The van der Waals surface area contributed by atoms with E-state index in [1.165, 1.54) is 5.41 Å². The second kappa shape index (κ2) is 3.55. The highest BCUT2D eigenvalue weighted by Crippen LogP contribution is 2.00. The monoisotopic (exact) mass is 132 g/mol. The zero-order valence-electron chi connectivity index (χ0n) is 4.59. The Hall–Kier alpha value is -0.440. The molecule has 0 heterocycles. The fourth-order valence-electron chi connectivity index (χ4n) is 0.298. The smallest absolute Gasteiger partial charge is 0.332 e. The summed E-state index contributed by atoms with van der Waals surface area (Å²) in [4.78, 5) is 10.0. The third-order valence-electron chi connectivity index (χ3n) is 0.811. The minimum atomic E-state index is -0.887. The van der Waals surface area contributed by atoms with Crippen molar-refractivity contribution < 1.29 is 9.90 Å². The lowest BCUT2D eigenvalue weighted by Crippen LogP contribution is -1.97. The third-order valence-corrected chi connectivity index (χ3v) is 1.12. The third kappa shape index (κ3) is 2.02. The highest BCUT2D eigenvalue weighted by Gasteiger charge is 1.99. The van der Waals surface area contributed by atoms with E-state index in [1.54, 1.807) is 6.92 Å². The van der Waals surface area contributed by atoms with E-state index in [-0.39, 0.29) is 0 Å². The van der Waals surface area contributed by atoms with Gasteiger partial charge < -0.3 is 5.11 Å². The van der Waals surface area contributed by atoms with Gasteiger partial charge in [0.25, 0.3) is 0 Å². The number of carboxylic acid groups (broad SMARTS) is 1. The summed E-state index contributed by atoms with van der Waals surface area (Å²) in [5, 5.41) is 9.56. The van der Waals surface area contributed by atoms with Gasteiger partial charge in [0.15, 0.2) is 0 Å². The van der Waals surface area contributed by atoms with Crippen molar-refractivity contribution in [1.29, 1.82) is 0 Å². The van der Waals surface area contributed by atoms with Gasteiger partial charge in [0.05, 0.1) is 0 Å². The van der Waals surface area contributed by atoms with Crippen molar-refractivity contribution in [2.24, 2.45) is 0 Å². The quantitative estimate of drug-likeness (QED) is 0.439. The summed E-state index contributed by atoms with van der Waals surface area (Å²) in [6.45, 7) is 1.77.